The highest BCUT2D eigenvalue weighted by atomic mass is 79.9. The van der Waals surface area contributed by atoms with Gasteiger partial charge in [-0.05, 0) is 28.1 Å². The second-order valence-corrected chi connectivity index (χ2v) is 7.30. The molecule has 1 N–H and O–H groups in total. The van der Waals surface area contributed by atoms with Crippen molar-refractivity contribution in [2.45, 2.75) is 32.7 Å². The van der Waals surface area contributed by atoms with Crippen LogP contribution < -0.4 is 5.32 Å². The maximum Gasteiger partial charge on any atom is 0.147 e. The third kappa shape index (κ3) is 3.54. The minimum atomic E-state index is -0.255. The van der Waals surface area contributed by atoms with Gasteiger partial charge in [0, 0.05) is 21.0 Å². The molecule has 1 aromatic carbocycles. The number of benzene rings is 1. The molecule has 19 heavy (non-hydrogen) atoms. The maximum absolute atomic E-state index is 13.6. The number of nitrogens with zero attached hydrogens (tertiary/aromatic N) is 1. The summed E-state index contributed by atoms with van der Waals surface area (Å²) in [6.45, 7) is 6.98. The highest BCUT2D eigenvalue weighted by molar-refractivity contribution is 9.10. The first-order valence-electron chi connectivity index (χ1n) is 6.01. The fourth-order valence-corrected chi connectivity index (χ4v) is 2.97. The van der Waals surface area contributed by atoms with E-state index >= 15 is 0 Å². The zero-order valence-corrected chi connectivity index (χ0v) is 13.5. The van der Waals surface area contributed by atoms with E-state index in [9.17, 15) is 4.39 Å². The molecule has 0 unspecified atom stereocenters. The Labute approximate surface area is 125 Å². The van der Waals surface area contributed by atoms with E-state index in [2.05, 4.69) is 47.0 Å². The Morgan fingerprint density at radius 2 is 2.11 bits per heavy atom. The van der Waals surface area contributed by atoms with E-state index in [0.29, 0.717) is 12.2 Å². The van der Waals surface area contributed by atoms with E-state index in [1.54, 1.807) is 17.4 Å². The molecule has 0 saturated heterocycles. The summed E-state index contributed by atoms with van der Waals surface area (Å²) in [4.78, 5) is 5.51. The average molecular weight is 343 g/mol. The number of halogens is 2. The van der Waals surface area contributed by atoms with Crippen molar-refractivity contribution in [3.63, 3.8) is 0 Å². The zero-order chi connectivity index (χ0) is 14.0. The predicted molar refractivity (Wildman–Crippen MR) is 82.2 cm³/mol. The van der Waals surface area contributed by atoms with Gasteiger partial charge in [-0.3, -0.25) is 0 Å². The number of aromatic nitrogens is 1. The molecule has 0 bridgehead atoms. The molecule has 0 aliphatic heterocycles. The molecule has 0 fully saturated rings. The third-order valence-electron chi connectivity index (χ3n) is 2.60. The number of nitrogens with one attached hydrogen (secondary N) is 1. The van der Waals surface area contributed by atoms with Crippen molar-refractivity contribution in [3.8, 4) is 0 Å². The van der Waals surface area contributed by atoms with Gasteiger partial charge in [0.05, 0.1) is 17.2 Å². The molecule has 0 radical (unpaired) electrons. The minimum Gasteiger partial charge on any atom is -0.377 e. The molecule has 0 aliphatic rings. The summed E-state index contributed by atoms with van der Waals surface area (Å²) < 4.78 is 14.4. The second-order valence-electron chi connectivity index (χ2n) is 5.33. The Balaban J connectivity index is 2.09. The molecule has 2 rings (SSSR count). The van der Waals surface area contributed by atoms with Gasteiger partial charge in [0.15, 0.2) is 0 Å². The van der Waals surface area contributed by atoms with Crippen molar-refractivity contribution in [3.05, 3.63) is 44.6 Å². The Hall–Kier alpha value is -0.940. The maximum atomic E-state index is 13.6. The van der Waals surface area contributed by atoms with Crippen LogP contribution in [0.2, 0.25) is 0 Å². The minimum absolute atomic E-state index is 0.0570. The smallest absolute Gasteiger partial charge is 0.147 e. The number of para-hydroxylation sites is 1. The topological polar surface area (TPSA) is 24.9 Å². The molecule has 5 heteroatoms. The highest BCUT2D eigenvalue weighted by Gasteiger charge is 2.18. The third-order valence-corrected chi connectivity index (χ3v) is 4.68. The van der Waals surface area contributed by atoms with Crippen molar-refractivity contribution in [1.29, 1.82) is 0 Å². The Morgan fingerprint density at radius 1 is 1.37 bits per heavy atom. The van der Waals surface area contributed by atoms with Crippen LogP contribution in [0.15, 0.2) is 28.9 Å². The van der Waals surface area contributed by atoms with Crippen LogP contribution in [-0.2, 0) is 12.0 Å². The summed E-state index contributed by atoms with van der Waals surface area (Å²) in [5.41, 5.74) is 0.551. The molecular weight excluding hydrogens is 327 g/mol. The predicted octanol–water partition coefficient (Wildman–Crippen LogP) is 4.95. The molecule has 102 valence electrons. The van der Waals surface area contributed by atoms with Crippen LogP contribution in [-0.4, -0.2) is 4.98 Å². The summed E-state index contributed by atoms with van der Waals surface area (Å²) in [5, 5.41) is 4.21. The number of hydrogen-bond acceptors (Lipinski definition) is 3. The fraction of sp³-hybridized carbons (Fsp3) is 0.357. The number of rotatable bonds is 3. The summed E-state index contributed by atoms with van der Waals surface area (Å²) in [5.74, 6) is -0.255. The van der Waals surface area contributed by atoms with Crippen LogP contribution in [0.1, 0.15) is 30.7 Å². The Kier molecular flexibility index (Phi) is 4.26. The summed E-state index contributed by atoms with van der Waals surface area (Å²) >= 11 is 5.00. The van der Waals surface area contributed by atoms with Crippen LogP contribution in [0.5, 0.6) is 0 Å². The number of anilines is 1. The lowest BCUT2D eigenvalue weighted by molar-refractivity contribution is 0.585. The monoisotopic (exact) mass is 342 g/mol. The van der Waals surface area contributed by atoms with Gasteiger partial charge in [-0.1, -0.05) is 26.8 Å². The van der Waals surface area contributed by atoms with E-state index in [1.165, 1.54) is 6.07 Å². The second kappa shape index (κ2) is 5.59. The largest absolute Gasteiger partial charge is 0.377 e. The zero-order valence-electron chi connectivity index (χ0n) is 11.1. The van der Waals surface area contributed by atoms with E-state index in [1.807, 2.05) is 12.3 Å². The van der Waals surface area contributed by atoms with Gasteiger partial charge in [-0.25, -0.2) is 9.37 Å². The summed E-state index contributed by atoms with van der Waals surface area (Å²) in [6, 6.07) is 4.94. The molecule has 0 atom stereocenters. The van der Waals surface area contributed by atoms with Crippen molar-refractivity contribution < 1.29 is 4.39 Å². The molecule has 2 nitrogen and oxygen atoms in total. The first kappa shape index (κ1) is 14.5. The number of thiazole rings is 1. The van der Waals surface area contributed by atoms with Crippen molar-refractivity contribution in [2.75, 3.05) is 5.32 Å². The van der Waals surface area contributed by atoms with Crippen LogP contribution in [0.4, 0.5) is 10.1 Å². The summed E-state index contributed by atoms with van der Waals surface area (Å²) in [7, 11) is 0. The van der Waals surface area contributed by atoms with Crippen LogP contribution >= 0.6 is 27.3 Å². The molecule has 2 aromatic rings. The first-order valence-corrected chi connectivity index (χ1v) is 7.62. The van der Waals surface area contributed by atoms with Gasteiger partial charge in [0.2, 0.25) is 0 Å². The van der Waals surface area contributed by atoms with E-state index in [-0.39, 0.29) is 11.2 Å². The highest BCUT2D eigenvalue weighted by Crippen LogP contribution is 2.29. The van der Waals surface area contributed by atoms with Gasteiger partial charge in [0.25, 0.3) is 0 Å². The number of hydrogen-bond donors (Lipinski definition) is 1. The Morgan fingerprint density at radius 3 is 2.68 bits per heavy atom. The molecule has 0 aliphatic carbocycles. The lowest BCUT2D eigenvalue weighted by Crippen LogP contribution is -2.09. The Bertz CT molecular complexity index is 555. The molecular formula is C14H16BrFN2S. The molecule has 0 saturated carbocycles. The standard InChI is InChI=1S/C14H16BrFN2S/c1-14(2,3)13-18-8-9(19-13)7-17-12-10(15)5-4-6-11(12)16/h4-6,8,17H,7H2,1-3H3. The van der Waals surface area contributed by atoms with Gasteiger partial charge >= 0.3 is 0 Å². The van der Waals surface area contributed by atoms with Gasteiger partial charge in [-0.2, -0.15) is 0 Å². The average Bonchev–Trinajstić information content (AvgIpc) is 2.77. The van der Waals surface area contributed by atoms with Crippen molar-refractivity contribution in [2.24, 2.45) is 0 Å². The van der Waals surface area contributed by atoms with Crippen LogP contribution in [0, 0.1) is 5.82 Å². The van der Waals surface area contributed by atoms with Crippen LogP contribution in [0.3, 0.4) is 0 Å². The van der Waals surface area contributed by atoms with Gasteiger partial charge in [0.1, 0.15) is 5.82 Å². The van der Waals surface area contributed by atoms with E-state index in [0.717, 1.165) is 14.4 Å². The van der Waals surface area contributed by atoms with Crippen LogP contribution in [0.25, 0.3) is 0 Å². The first-order chi connectivity index (χ1) is 8.88. The molecule has 1 aromatic heterocycles. The fourth-order valence-electron chi connectivity index (χ4n) is 1.58. The molecule has 1 heterocycles. The summed E-state index contributed by atoms with van der Waals surface area (Å²) in [6.07, 6.45) is 1.85. The quantitative estimate of drug-likeness (QED) is 0.853. The molecule has 0 spiro atoms. The van der Waals surface area contributed by atoms with Gasteiger partial charge < -0.3 is 5.32 Å². The SMILES string of the molecule is CC(C)(C)c1ncc(CNc2c(F)cccc2Br)s1. The van der Waals surface area contributed by atoms with Crippen molar-refractivity contribution in [1.82, 2.24) is 4.98 Å². The lowest BCUT2D eigenvalue weighted by Gasteiger charge is -2.13. The van der Waals surface area contributed by atoms with E-state index < -0.39 is 0 Å². The van der Waals surface area contributed by atoms with Crippen molar-refractivity contribution >= 4 is 33.0 Å². The van der Waals surface area contributed by atoms with E-state index in [4.69, 9.17) is 0 Å². The van der Waals surface area contributed by atoms with Gasteiger partial charge in [-0.15, -0.1) is 11.3 Å². The normalized spacial score (nSPS) is 11.6. The lowest BCUT2D eigenvalue weighted by atomic mass is 9.98. The molecule has 0 amide bonds.